The first-order valence-electron chi connectivity index (χ1n) is 28.1. The van der Waals surface area contributed by atoms with Gasteiger partial charge in [0.05, 0.1) is 30.6 Å². The standard InChI is InChI=1S/C59H68N4O20/c1-56-16-13-34(65)21-33(56)8-9-36-37-22-42-59(41(67)25-64,57(37,2)24-39(66)47(36)56)83-53(81-42)32-6-3-30(4-7-32)19-35-23-58(29-79-35)27-62(28-58)55(77)78-26-31-5-10-40(80-54-50(74)48(72)49(73)51(82-54)52(75)76)38(20-31)61-44(69)14-17-60-43(68)15-18-63-45(70)11-12-46(63)71/h3-7,10-13,16,20-21,35-37,39,42,47-51,53-54,64,66,72-74H,8-9,14-15,17-19,22-29H2,1-2H3,(H,60,68)(H,61,69)(H,75,76)/t35?,36-,37-,39-,42+,47+,48-,49-,50+,51-,53+,54+,56-,57-,59+/m0/s1. The maximum Gasteiger partial charge on any atom is 0.410 e. The number of Topliss-reactive ketones (excluding diaryl/α,β-unsaturated/α-hetero) is 1. The predicted octanol–water partition coefficient (Wildman–Crippen LogP) is 1.29. The summed E-state index contributed by atoms with van der Waals surface area (Å²) >= 11 is 0. The number of aliphatic carboxylic acids is 1. The van der Waals surface area contributed by atoms with Crippen LogP contribution in [0, 0.1) is 34.0 Å². The fourth-order valence-electron chi connectivity index (χ4n) is 14.9. The van der Waals surface area contributed by atoms with Gasteiger partial charge in [-0.15, -0.1) is 0 Å². The van der Waals surface area contributed by atoms with Gasteiger partial charge in [-0.3, -0.25) is 33.7 Å². The van der Waals surface area contributed by atoms with E-state index in [9.17, 15) is 69.0 Å². The Labute approximate surface area is 476 Å². The molecule has 8 N–H and O–H groups in total. The Balaban J connectivity index is 0.676. The first-order valence-corrected chi connectivity index (χ1v) is 28.1. The van der Waals surface area contributed by atoms with Gasteiger partial charge in [-0.25, -0.2) is 9.59 Å². The molecule has 9 aliphatic rings. The average Bonchev–Trinajstić information content (AvgIpc) is 3.53. The van der Waals surface area contributed by atoms with Gasteiger partial charge in [-0.05, 0) is 85.8 Å². The van der Waals surface area contributed by atoms with E-state index in [1.165, 1.54) is 18.2 Å². The van der Waals surface area contributed by atoms with E-state index in [-0.39, 0.29) is 85.5 Å². The number of nitrogens with zero attached hydrogens (tertiary/aromatic N) is 2. The molecule has 5 aliphatic heterocycles. The Morgan fingerprint density at radius 1 is 0.855 bits per heavy atom. The Morgan fingerprint density at radius 2 is 1.59 bits per heavy atom. The Hall–Kier alpha value is -6.74. The lowest BCUT2D eigenvalue weighted by atomic mass is 9.46. The summed E-state index contributed by atoms with van der Waals surface area (Å²) in [5, 5.41) is 68.3. The molecule has 15 atom stereocenters. The first-order chi connectivity index (χ1) is 39.5. The summed E-state index contributed by atoms with van der Waals surface area (Å²) in [7, 11) is 0. The van der Waals surface area contributed by atoms with E-state index in [2.05, 4.69) is 17.6 Å². The van der Waals surface area contributed by atoms with Crippen LogP contribution in [0.4, 0.5) is 10.5 Å². The number of allylic oxidation sites excluding steroid dienone is 4. The molecule has 4 aliphatic carbocycles. The topological polar surface area (TPSA) is 344 Å². The molecule has 0 bridgehead atoms. The molecule has 7 fully saturated rings. The molecule has 83 heavy (non-hydrogen) atoms. The molecule has 5 amide bonds. The van der Waals surface area contributed by atoms with Gasteiger partial charge in [0, 0.05) is 78.9 Å². The number of hydrogen-bond donors (Lipinski definition) is 8. The third-order valence-corrected chi connectivity index (χ3v) is 19.0. The molecule has 11 rings (SSSR count). The second kappa shape index (κ2) is 22.4. The van der Waals surface area contributed by atoms with Gasteiger partial charge >= 0.3 is 12.1 Å². The van der Waals surface area contributed by atoms with Crippen molar-refractivity contribution in [2.75, 3.05) is 44.7 Å². The third kappa shape index (κ3) is 10.5. The van der Waals surface area contributed by atoms with Gasteiger partial charge < -0.3 is 74.6 Å². The Morgan fingerprint density at radius 3 is 2.31 bits per heavy atom. The Bertz CT molecular complexity index is 3050. The van der Waals surface area contributed by atoms with Gasteiger partial charge in [-0.1, -0.05) is 55.8 Å². The normalized spacial score (nSPS) is 35.5. The van der Waals surface area contributed by atoms with Crippen molar-refractivity contribution in [2.45, 2.75) is 133 Å². The molecular weight excluding hydrogens is 1080 g/mol. The molecule has 3 saturated carbocycles. The number of benzene rings is 2. The summed E-state index contributed by atoms with van der Waals surface area (Å²) in [5.74, 6) is -4.73. The zero-order valence-electron chi connectivity index (χ0n) is 45.8. The summed E-state index contributed by atoms with van der Waals surface area (Å²) in [6.45, 7) is 3.94. The number of imide groups is 1. The molecule has 1 unspecified atom stereocenters. The van der Waals surface area contributed by atoms with Crippen LogP contribution in [0.3, 0.4) is 0 Å². The van der Waals surface area contributed by atoms with E-state index in [0.717, 1.165) is 34.6 Å². The number of nitrogens with one attached hydrogen (secondary N) is 2. The van der Waals surface area contributed by atoms with Gasteiger partial charge in [-0.2, -0.15) is 0 Å². The number of ketones is 2. The van der Waals surface area contributed by atoms with Crippen molar-refractivity contribution in [2.24, 2.45) is 34.0 Å². The minimum Gasteiger partial charge on any atom is -0.479 e. The Kier molecular flexibility index (Phi) is 15.6. The molecule has 2 aromatic carbocycles. The van der Waals surface area contributed by atoms with Crippen LogP contribution in [0.1, 0.15) is 81.8 Å². The van der Waals surface area contributed by atoms with Crippen LogP contribution >= 0.6 is 0 Å². The van der Waals surface area contributed by atoms with E-state index in [0.29, 0.717) is 56.5 Å². The highest BCUT2D eigenvalue weighted by Gasteiger charge is 2.76. The summed E-state index contributed by atoms with van der Waals surface area (Å²) in [5.41, 5.74) is -0.0519. The number of rotatable bonds is 17. The van der Waals surface area contributed by atoms with E-state index in [4.69, 9.17) is 28.4 Å². The monoisotopic (exact) mass is 1150 g/mol. The van der Waals surface area contributed by atoms with Gasteiger partial charge in [0.2, 0.25) is 18.1 Å². The maximum absolute atomic E-state index is 14.1. The fourth-order valence-corrected chi connectivity index (χ4v) is 14.9. The van der Waals surface area contributed by atoms with Gasteiger partial charge in [0.25, 0.3) is 11.8 Å². The quantitative estimate of drug-likeness (QED) is 0.103. The van der Waals surface area contributed by atoms with Crippen LogP contribution in [-0.4, -0.2) is 182 Å². The number of amides is 5. The largest absolute Gasteiger partial charge is 0.479 e. The number of aliphatic hydroxyl groups excluding tert-OH is 5. The van der Waals surface area contributed by atoms with E-state index in [1.807, 2.05) is 37.3 Å². The van der Waals surface area contributed by atoms with Crippen molar-refractivity contribution in [1.29, 1.82) is 0 Å². The number of likely N-dealkylation sites (tertiary alicyclic amines) is 1. The highest BCUT2D eigenvalue weighted by atomic mass is 16.7. The molecule has 444 valence electrons. The number of carboxylic acid groups (broad SMARTS) is 1. The van der Waals surface area contributed by atoms with Crippen LogP contribution < -0.4 is 15.4 Å². The van der Waals surface area contributed by atoms with E-state index < -0.39 is 114 Å². The van der Waals surface area contributed by atoms with Gasteiger partial charge in [0.1, 0.15) is 37.3 Å². The van der Waals surface area contributed by atoms with E-state index >= 15 is 0 Å². The first kappa shape index (κ1) is 58.1. The number of hydrogen-bond acceptors (Lipinski definition) is 19. The number of fused-ring (bicyclic) bond motifs is 7. The van der Waals surface area contributed by atoms with Crippen LogP contribution in [0.2, 0.25) is 0 Å². The van der Waals surface area contributed by atoms with Crippen molar-refractivity contribution in [3.63, 3.8) is 0 Å². The van der Waals surface area contributed by atoms with Crippen molar-refractivity contribution >= 4 is 52.9 Å². The van der Waals surface area contributed by atoms with Crippen LogP contribution in [0.5, 0.6) is 5.75 Å². The number of ether oxygens (including phenoxy) is 6. The molecule has 4 saturated heterocycles. The molecule has 0 aromatic heterocycles. The fraction of sp³-hybridized carbons (Fsp3) is 0.559. The van der Waals surface area contributed by atoms with Gasteiger partial charge in [0.15, 0.2) is 29.6 Å². The predicted molar refractivity (Wildman–Crippen MR) is 284 cm³/mol. The number of anilines is 1. The number of carboxylic acids is 1. The second-order valence-electron chi connectivity index (χ2n) is 24.1. The lowest BCUT2D eigenvalue weighted by Crippen LogP contribution is -2.63. The number of aliphatic hydroxyl groups is 5. The molecule has 2 aromatic rings. The average molecular weight is 1150 g/mol. The lowest BCUT2D eigenvalue weighted by Gasteiger charge is -2.59. The summed E-state index contributed by atoms with van der Waals surface area (Å²) in [6.07, 6.45) is -2.30. The van der Waals surface area contributed by atoms with Crippen LogP contribution in [0.15, 0.2) is 78.4 Å². The number of carbonyl (C=O) groups is 8. The van der Waals surface area contributed by atoms with Crippen LogP contribution in [0.25, 0.3) is 0 Å². The molecule has 5 heterocycles. The highest BCUT2D eigenvalue weighted by molar-refractivity contribution is 6.13. The smallest absolute Gasteiger partial charge is 0.410 e. The van der Waals surface area contributed by atoms with Crippen LogP contribution in [-0.2, 0) is 70.3 Å². The van der Waals surface area contributed by atoms with Crippen molar-refractivity contribution in [1.82, 2.24) is 15.1 Å². The molecule has 24 heteroatoms. The second-order valence-corrected chi connectivity index (χ2v) is 24.1. The third-order valence-electron chi connectivity index (χ3n) is 19.0. The molecule has 1 spiro atoms. The van der Waals surface area contributed by atoms with Crippen molar-refractivity contribution in [3.8, 4) is 5.75 Å². The van der Waals surface area contributed by atoms with Crippen molar-refractivity contribution in [3.05, 3.63) is 95.1 Å². The summed E-state index contributed by atoms with van der Waals surface area (Å²) in [6, 6.07) is 11.9. The van der Waals surface area contributed by atoms with Crippen molar-refractivity contribution < 1.29 is 97.4 Å². The molecular formula is C59H68N4O20. The molecule has 0 radical (unpaired) electrons. The number of carbonyl (C=O) groups excluding carboxylic acids is 7. The summed E-state index contributed by atoms with van der Waals surface area (Å²) in [4.78, 5) is 103. The summed E-state index contributed by atoms with van der Waals surface area (Å²) < 4.78 is 36.4. The minimum atomic E-state index is -1.99. The zero-order chi connectivity index (χ0) is 58.9. The van der Waals surface area contributed by atoms with E-state index in [1.54, 1.807) is 17.1 Å². The zero-order valence-corrected chi connectivity index (χ0v) is 45.8. The SMILES string of the molecule is C[C@]12C=CC(=O)C=C1CC[C@@H]1[C@@H]2[C@@H](O)C[C@@]2(C)[C@H]1C[C@H]1O[C@@H](c3ccc(CC4CC5(CO4)CN(C(=O)OCc4ccc(O[C@@H]6O[C@H](C(=O)O)[C@@H](O)[C@H](O)[C@H]6O)c(NC(=O)CCNC(=O)CCN6C(=O)C=CC6=O)c4)C5)cc3)O[C@]12C(=O)CO. The minimum absolute atomic E-state index is 0.0330. The lowest BCUT2D eigenvalue weighted by molar-refractivity contribution is -0.271. The maximum atomic E-state index is 14.1. The molecule has 24 nitrogen and oxygen atoms in total. The highest BCUT2D eigenvalue weighted by Crippen LogP contribution is 2.70.